The number of benzene rings is 1. The molecular formula is C15H17F2N3O3. The van der Waals surface area contributed by atoms with Gasteiger partial charge in [0.15, 0.2) is 0 Å². The fourth-order valence-electron chi connectivity index (χ4n) is 2.11. The first-order valence-electron chi connectivity index (χ1n) is 6.75. The van der Waals surface area contributed by atoms with Crippen LogP contribution in [0, 0.1) is 0 Å². The average Bonchev–Trinajstić information content (AvgIpc) is 3.01. The molecule has 1 aromatic carbocycles. The second kappa shape index (κ2) is 7.08. The summed E-state index contributed by atoms with van der Waals surface area (Å²) in [6, 6.07) is 4.82. The van der Waals surface area contributed by atoms with Gasteiger partial charge in [-0.1, -0.05) is 0 Å². The van der Waals surface area contributed by atoms with Gasteiger partial charge in [0.05, 0.1) is 26.3 Å². The third-order valence-corrected chi connectivity index (χ3v) is 3.32. The van der Waals surface area contributed by atoms with E-state index in [1.807, 2.05) is 0 Å². The van der Waals surface area contributed by atoms with Crippen LogP contribution in [0.15, 0.2) is 30.6 Å². The summed E-state index contributed by atoms with van der Waals surface area (Å²) in [5.74, 6) is 0.582. The molecule has 0 radical (unpaired) electrons. The van der Waals surface area contributed by atoms with Gasteiger partial charge in [-0.2, -0.15) is 8.78 Å². The Hall–Kier alpha value is -2.64. The third kappa shape index (κ3) is 3.58. The first-order chi connectivity index (χ1) is 11.0. The number of imidazole rings is 1. The highest BCUT2D eigenvalue weighted by atomic mass is 19.3. The SMILES string of the molecule is COc1ccc(OC)c(C(=O)N(C)Cc2nccn2C(F)F)c1. The molecule has 0 aliphatic carbocycles. The van der Waals surface area contributed by atoms with Gasteiger partial charge in [0, 0.05) is 19.4 Å². The zero-order valence-corrected chi connectivity index (χ0v) is 13.0. The van der Waals surface area contributed by atoms with Crippen LogP contribution in [0.1, 0.15) is 22.7 Å². The van der Waals surface area contributed by atoms with Crippen molar-refractivity contribution in [3.8, 4) is 11.5 Å². The summed E-state index contributed by atoms with van der Waals surface area (Å²) in [6.45, 7) is -2.77. The molecule has 0 N–H and O–H groups in total. The molecule has 0 bridgehead atoms. The number of amides is 1. The summed E-state index contributed by atoms with van der Waals surface area (Å²) in [5, 5.41) is 0. The van der Waals surface area contributed by atoms with Crippen LogP contribution < -0.4 is 9.47 Å². The van der Waals surface area contributed by atoms with Crippen molar-refractivity contribution >= 4 is 5.91 Å². The lowest BCUT2D eigenvalue weighted by Crippen LogP contribution is -2.28. The smallest absolute Gasteiger partial charge is 0.319 e. The molecule has 124 valence electrons. The minimum atomic E-state index is -2.71. The van der Waals surface area contributed by atoms with Crippen LogP contribution in [0.25, 0.3) is 0 Å². The van der Waals surface area contributed by atoms with Crippen molar-refractivity contribution in [1.82, 2.24) is 14.5 Å². The maximum Gasteiger partial charge on any atom is 0.319 e. The minimum absolute atomic E-state index is 0.0590. The van der Waals surface area contributed by atoms with Crippen molar-refractivity contribution in [3.63, 3.8) is 0 Å². The molecule has 0 saturated carbocycles. The molecule has 0 unspecified atom stereocenters. The molecule has 0 saturated heterocycles. The van der Waals surface area contributed by atoms with E-state index in [1.54, 1.807) is 12.1 Å². The van der Waals surface area contributed by atoms with E-state index in [-0.39, 0.29) is 23.8 Å². The molecule has 0 spiro atoms. The van der Waals surface area contributed by atoms with E-state index in [0.29, 0.717) is 16.1 Å². The number of ether oxygens (including phenoxy) is 2. The Morgan fingerprint density at radius 3 is 2.70 bits per heavy atom. The summed E-state index contributed by atoms with van der Waals surface area (Å²) in [7, 11) is 4.44. The Balaban J connectivity index is 2.24. The number of nitrogens with zero attached hydrogens (tertiary/aromatic N) is 3. The number of carbonyl (C=O) groups is 1. The number of halogens is 2. The van der Waals surface area contributed by atoms with Gasteiger partial charge < -0.3 is 14.4 Å². The van der Waals surface area contributed by atoms with E-state index in [9.17, 15) is 13.6 Å². The molecule has 1 aromatic heterocycles. The van der Waals surface area contributed by atoms with Gasteiger partial charge in [-0.15, -0.1) is 0 Å². The van der Waals surface area contributed by atoms with E-state index >= 15 is 0 Å². The second-order valence-electron chi connectivity index (χ2n) is 4.76. The molecule has 2 aromatic rings. The zero-order chi connectivity index (χ0) is 17.0. The molecule has 23 heavy (non-hydrogen) atoms. The zero-order valence-electron chi connectivity index (χ0n) is 13.0. The number of aromatic nitrogens is 2. The fourth-order valence-corrected chi connectivity index (χ4v) is 2.11. The summed E-state index contributed by atoms with van der Waals surface area (Å²) >= 11 is 0. The van der Waals surface area contributed by atoms with Gasteiger partial charge in [0.2, 0.25) is 0 Å². The van der Waals surface area contributed by atoms with Crippen LogP contribution in [0.3, 0.4) is 0 Å². The Morgan fingerprint density at radius 1 is 1.35 bits per heavy atom. The van der Waals surface area contributed by atoms with E-state index < -0.39 is 6.55 Å². The van der Waals surface area contributed by atoms with Crippen LogP contribution in [-0.4, -0.2) is 41.6 Å². The van der Waals surface area contributed by atoms with Crippen LogP contribution in [0.4, 0.5) is 8.78 Å². The normalized spacial score (nSPS) is 10.7. The van der Waals surface area contributed by atoms with Gasteiger partial charge >= 0.3 is 6.55 Å². The van der Waals surface area contributed by atoms with Crippen molar-refractivity contribution in [3.05, 3.63) is 42.0 Å². The summed E-state index contributed by atoms with van der Waals surface area (Å²) < 4.78 is 36.7. The first-order valence-corrected chi connectivity index (χ1v) is 6.75. The van der Waals surface area contributed by atoms with Gasteiger partial charge in [-0.05, 0) is 18.2 Å². The quantitative estimate of drug-likeness (QED) is 0.819. The maximum absolute atomic E-state index is 12.8. The number of hydrogen-bond donors (Lipinski definition) is 0. The topological polar surface area (TPSA) is 56.6 Å². The average molecular weight is 325 g/mol. The van der Waals surface area contributed by atoms with Crippen LogP contribution in [-0.2, 0) is 6.54 Å². The lowest BCUT2D eigenvalue weighted by Gasteiger charge is -2.19. The van der Waals surface area contributed by atoms with E-state index in [0.717, 1.165) is 0 Å². The van der Waals surface area contributed by atoms with Crippen LogP contribution in [0.5, 0.6) is 11.5 Å². The van der Waals surface area contributed by atoms with E-state index in [2.05, 4.69) is 4.98 Å². The predicted octanol–water partition coefficient (Wildman–Crippen LogP) is 2.57. The lowest BCUT2D eigenvalue weighted by molar-refractivity contribution is 0.0611. The Morgan fingerprint density at radius 2 is 2.09 bits per heavy atom. The fraction of sp³-hybridized carbons (Fsp3) is 0.333. The minimum Gasteiger partial charge on any atom is -0.497 e. The monoisotopic (exact) mass is 325 g/mol. The second-order valence-corrected chi connectivity index (χ2v) is 4.76. The van der Waals surface area contributed by atoms with Gasteiger partial charge in [-0.3, -0.25) is 9.36 Å². The molecule has 2 rings (SSSR count). The lowest BCUT2D eigenvalue weighted by atomic mass is 10.1. The molecule has 6 nitrogen and oxygen atoms in total. The van der Waals surface area contributed by atoms with Crippen molar-refractivity contribution in [2.45, 2.75) is 13.1 Å². The molecule has 0 atom stereocenters. The van der Waals surface area contributed by atoms with Crippen molar-refractivity contribution < 1.29 is 23.0 Å². The standard InChI is InChI=1S/C15H17F2N3O3/c1-19(9-13-18-6-7-20(13)15(16)17)14(21)11-8-10(22-2)4-5-12(11)23-3/h4-8,15H,9H2,1-3H3. The number of carbonyl (C=O) groups excluding carboxylic acids is 1. The largest absolute Gasteiger partial charge is 0.497 e. The molecular weight excluding hydrogens is 308 g/mol. The Labute approximate surface area is 132 Å². The number of hydrogen-bond acceptors (Lipinski definition) is 4. The van der Waals surface area contributed by atoms with E-state index in [1.165, 1.54) is 44.6 Å². The molecule has 1 heterocycles. The highest BCUT2D eigenvalue weighted by Crippen LogP contribution is 2.25. The van der Waals surface area contributed by atoms with Gasteiger partial charge in [0.1, 0.15) is 17.3 Å². The summed E-state index contributed by atoms with van der Waals surface area (Å²) in [5.41, 5.74) is 0.282. The molecule has 0 fully saturated rings. The predicted molar refractivity (Wildman–Crippen MR) is 78.8 cm³/mol. The Kier molecular flexibility index (Phi) is 5.15. The van der Waals surface area contributed by atoms with Crippen molar-refractivity contribution in [2.24, 2.45) is 0 Å². The molecule has 0 aliphatic heterocycles. The third-order valence-electron chi connectivity index (χ3n) is 3.32. The number of alkyl halides is 2. The Bertz CT molecular complexity index is 688. The van der Waals surface area contributed by atoms with E-state index in [4.69, 9.17) is 9.47 Å². The van der Waals surface area contributed by atoms with Gasteiger partial charge in [-0.25, -0.2) is 4.98 Å². The van der Waals surface area contributed by atoms with Crippen LogP contribution in [0.2, 0.25) is 0 Å². The molecule has 8 heteroatoms. The number of methoxy groups -OCH3 is 2. The highest BCUT2D eigenvalue weighted by molar-refractivity contribution is 5.97. The molecule has 1 amide bonds. The summed E-state index contributed by atoms with van der Waals surface area (Å²) in [6.07, 6.45) is 2.44. The summed E-state index contributed by atoms with van der Waals surface area (Å²) in [4.78, 5) is 17.7. The first kappa shape index (κ1) is 16.7. The maximum atomic E-state index is 12.8. The van der Waals surface area contributed by atoms with Crippen molar-refractivity contribution in [1.29, 1.82) is 0 Å². The highest BCUT2D eigenvalue weighted by Gasteiger charge is 2.20. The van der Waals surface area contributed by atoms with Gasteiger partial charge in [0.25, 0.3) is 5.91 Å². The molecule has 0 aliphatic rings. The van der Waals surface area contributed by atoms with Crippen LogP contribution >= 0.6 is 0 Å². The van der Waals surface area contributed by atoms with Crippen molar-refractivity contribution in [2.75, 3.05) is 21.3 Å². The number of rotatable bonds is 6.